The highest BCUT2D eigenvalue weighted by Gasteiger charge is 2.15. The van der Waals surface area contributed by atoms with Gasteiger partial charge >= 0.3 is 5.97 Å². The van der Waals surface area contributed by atoms with Gasteiger partial charge in [-0.25, -0.2) is 4.98 Å². The summed E-state index contributed by atoms with van der Waals surface area (Å²) < 4.78 is 1.72. The Morgan fingerprint density at radius 1 is 1.77 bits per heavy atom. The third kappa shape index (κ3) is 2.27. The summed E-state index contributed by atoms with van der Waals surface area (Å²) in [5.74, 6) is -0.150. The van der Waals surface area contributed by atoms with E-state index in [1.54, 1.807) is 4.68 Å². The summed E-state index contributed by atoms with van der Waals surface area (Å²) in [6.45, 7) is 4.51. The van der Waals surface area contributed by atoms with Crippen LogP contribution >= 0.6 is 0 Å². The number of carbonyl (C=O) groups is 1. The van der Waals surface area contributed by atoms with Crippen LogP contribution in [-0.4, -0.2) is 25.8 Å². The fourth-order valence-electron chi connectivity index (χ4n) is 1.25. The second-order valence-corrected chi connectivity index (χ2v) is 2.93. The Labute approximate surface area is 76.4 Å². The Bertz CT molecular complexity index is 295. The molecule has 5 heteroatoms. The van der Waals surface area contributed by atoms with Crippen LogP contribution < -0.4 is 0 Å². The first-order valence-electron chi connectivity index (χ1n) is 4.24. The fraction of sp³-hybridized carbons (Fsp3) is 0.625. The number of aryl methyl sites for hydroxylation is 1. The van der Waals surface area contributed by atoms with E-state index in [4.69, 9.17) is 5.11 Å². The Morgan fingerprint density at radius 3 is 3.00 bits per heavy atom. The van der Waals surface area contributed by atoms with E-state index in [0.717, 1.165) is 12.4 Å². The van der Waals surface area contributed by atoms with Crippen LogP contribution in [0, 0.1) is 0 Å². The van der Waals surface area contributed by atoms with Gasteiger partial charge in [0.15, 0.2) is 0 Å². The van der Waals surface area contributed by atoms with E-state index in [9.17, 15) is 4.79 Å². The van der Waals surface area contributed by atoms with Crippen LogP contribution in [0.5, 0.6) is 0 Å². The Balaban J connectivity index is 2.75. The topological polar surface area (TPSA) is 68.0 Å². The third-order valence-corrected chi connectivity index (χ3v) is 1.87. The van der Waals surface area contributed by atoms with Crippen LogP contribution in [0.4, 0.5) is 0 Å². The highest BCUT2D eigenvalue weighted by molar-refractivity contribution is 5.67. The first-order valence-corrected chi connectivity index (χ1v) is 4.24. The molecule has 0 fully saturated rings. The zero-order valence-electron chi connectivity index (χ0n) is 7.77. The van der Waals surface area contributed by atoms with Gasteiger partial charge in [-0.15, -0.1) is 0 Å². The van der Waals surface area contributed by atoms with Gasteiger partial charge in [0.25, 0.3) is 0 Å². The van der Waals surface area contributed by atoms with Gasteiger partial charge in [-0.05, 0) is 6.92 Å². The molecule has 72 valence electrons. The summed E-state index contributed by atoms with van der Waals surface area (Å²) in [6.07, 6.45) is 1.55. The van der Waals surface area contributed by atoms with Crippen LogP contribution in [0.15, 0.2) is 6.33 Å². The minimum absolute atomic E-state index is 0.0834. The molecule has 5 nitrogen and oxygen atoms in total. The summed E-state index contributed by atoms with van der Waals surface area (Å²) in [6, 6.07) is 0. The van der Waals surface area contributed by atoms with Crippen molar-refractivity contribution in [1.29, 1.82) is 0 Å². The molecule has 0 radical (unpaired) electrons. The smallest absolute Gasteiger partial charge is 0.304 e. The standard InChI is InChI=1S/C8H13N3O2/c1-3-11-8(9-5-10-11)6(2)4-7(12)13/h5-6H,3-4H2,1-2H3,(H,12,13). The average Bonchev–Trinajstić information content (AvgIpc) is 2.49. The van der Waals surface area contributed by atoms with Gasteiger partial charge in [0.1, 0.15) is 12.2 Å². The van der Waals surface area contributed by atoms with E-state index in [2.05, 4.69) is 10.1 Å². The van der Waals surface area contributed by atoms with E-state index in [0.29, 0.717) is 0 Å². The van der Waals surface area contributed by atoms with E-state index >= 15 is 0 Å². The molecule has 0 amide bonds. The van der Waals surface area contributed by atoms with Crippen molar-refractivity contribution in [2.24, 2.45) is 0 Å². The monoisotopic (exact) mass is 183 g/mol. The highest BCUT2D eigenvalue weighted by atomic mass is 16.4. The molecule has 1 aromatic rings. The van der Waals surface area contributed by atoms with Crippen molar-refractivity contribution in [3.05, 3.63) is 12.2 Å². The number of aromatic nitrogens is 3. The predicted molar refractivity (Wildman–Crippen MR) is 46.4 cm³/mol. The summed E-state index contributed by atoms with van der Waals surface area (Å²) in [5.41, 5.74) is 0. The molecule has 0 bridgehead atoms. The molecule has 1 heterocycles. The van der Waals surface area contributed by atoms with Crippen molar-refractivity contribution in [2.45, 2.75) is 32.7 Å². The Morgan fingerprint density at radius 2 is 2.46 bits per heavy atom. The van der Waals surface area contributed by atoms with E-state index in [-0.39, 0.29) is 12.3 Å². The minimum atomic E-state index is -0.807. The van der Waals surface area contributed by atoms with Crippen LogP contribution in [0.3, 0.4) is 0 Å². The lowest BCUT2D eigenvalue weighted by atomic mass is 10.1. The molecule has 13 heavy (non-hydrogen) atoms. The van der Waals surface area contributed by atoms with Gasteiger partial charge in [0.05, 0.1) is 6.42 Å². The first-order chi connectivity index (χ1) is 6.15. The Kier molecular flexibility index (Phi) is 3.00. The van der Waals surface area contributed by atoms with Crippen molar-refractivity contribution in [2.75, 3.05) is 0 Å². The SMILES string of the molecule is CCn1ncnc1C(C)CC(=O)O. The number of rotatable bonds is 4. The number of carboxylic acids is 1. The lowest BCUT2D eigenvalue weighted by Gasteiger charge is -2.08. The van der Waals surface area contributed by atoms with E-state index in [1.165, 1.54) is 6.33 Å². The third-order valence-electron chi connectivity index (χ3n) is 1.87. The number of aliphatic carboxylic acids is 1. The summed E-state index contributed by atoms with van der Waals surface area (Å²) in [7, 11) is 0. The van der Waals surface area contributed by atoms with Gasteiger partial charge < -0.3 is 5.11 Å². The van der Waals surface area contributed by atoms with Gasteiger partial charge in [-0.2, -0.15) is 5.10 Å². The van der Waals surface area contributed by atoms with E-state index < -0.39 is 5.97 Å². The molecule has 0 saturated heterocycles. The lowest BCUT2D eigenvalue weighted by Crippen LogP contribution is -2.10. The number of hydrogen-bond donors (Lipinski definition) is 1. The number of hydrogen-bond acceptors (Lipinski definition) is 3. The molecule has 0 spiro atoms. The Hall–Kier alpha value is -1.39. The van der Waals surface area contributed by atoms with Crippen LogP contribution in [0.2, 0.25) is 0 Å². The fourth-order valence-corrected chi connectivity index (χ4v) is 1.25. The molecule has 0 aliphatic heterocycles. The largest absolute Gasteiger partial charge is 0.481 e. The van der Waals surface area contributed by atoms with Crippen molar-refractivity contribution in [3.63, 3.8) is 0 Å². The zero-order chi connectivity index (χ0) is 9.84. The highest BCUT2D eigenvalue weighted by Crippen LogP contribution is 2.15. The van der Waals surface area contributed by atoms with E-state index in [1.807, 2.05) is 13.8 Å². The summed E-state index contributed by atoms with van der Waals surface area (Å²) >= 11 is 0. The molecule has 1 atom stereocenters. The van der Waals surface area contributed by atoms with Gasteiger partial charge in [-0.1, -0.05) is 6.92 Å². The zero-order valence-corrected chi connectivity index (χ0v) is 7.77. The van der Waals surface area contributed by atoms with Crippen molar-refractivity contribution >= 4 is 5.97 Å². The van der Waals surface area contributed by atoms with Gasteiger partial charge in [0, 0.05) is 12.5 Å². The maximum Gasteiger partial charge on any atom is 0.304 e. The van der Waals surface area contributed by atoms with Crippen molar-refractivity contribution in [3.8, 4) is 0 Å². The molecular formula is C8H13N3O2. The minimum Gasteiger partial charge on any atom is -0.481 e. The molecule has 0 aromatic carbocycles. The second-order valence-electron chi connectivity index (χ2n) is 2.93. The molecule has 0 aliphatic rings. The second kappa shape index (κ2) is 4.02. The maximum atomic E-state index is 10.4. The van der Waals surface area contributed by atoms with Crippen LogP contribution in [-0.2, 0) is 11.3 Å². The first kappa shape index (κ1) is 9.70. The average molecular weight is 183 g/mol. The maximum absolute atomic E-state index is 10.4. The molecule has 0 saturated carbocycles. The molecular weight excluding hydrogens is 170 g/mol. The van der Waals surface area contributed by atoms with Gasteiger partial charge in [0.2, 0.25) is 0 Å². The molecule has 1 N–H and O–H groups in total. The molecule has 0 aliphatic carbocycles. The molecule has 1 aromatic heterocycles. The number of nitrogens with zero attached hydrogens (tertiary/aromatic N) is 3. The molecule has 1 unspecified atom stereocenters. The normalized spacial score (nSPS) is 12.8. The quantitative estimate of drug-likeness (QED) is 0.752. The predicted octanol–water partition coefficient (Wildman–Crippen LogP) is 0.876. The number of carboxylic acid groups (broad SMARTS) is 1. The van der Waals surface area contributed by atoms with Crippen molar-refractivity contribution in [1.82, 2.24) is 14.8 Å². The van der Waals surface area contributed by atoms with Crippen LogP contribution in [0.1, 0.15) is 32.0 Å². The molecule has 1 rings (SSSR count). The van der Waals surface area contributed by atoms with Crippen molar-refractivity contribution < 1.29 is 9.90 Å². The van der Waals surface area contributed by atoms with Crippen LogP contribution in [0.25, 0.3) is 0 Å². The summed E-state index contributed by atoms with van der Waals surface area (Å²) in [4.78, 5) is 14.5. The summed E-state index contributed by atoms with van der Waals surface area (Å²) in [5, 5.41) is 12.6. The lowest BCUT2D eigenvalue weighted by molar-refractivity contribution is -0.137. The van der Waals surface area contributed by atoms with Gasteiger partial charge in [-0.3, -0.25) is 9.48 Å².